The van der Waals surface area contributed by atoms with Crippen LogP contribution in [0.4, 0.5) is 17.1 Å². The molecule has 228 valence electrons. The lowest BCUT2D eigenvalue weighted by molar-refractivity contribution is 0.866. The number of rotatable bonds is 12. The predicted molar refractivity (Wildman–Crippen MR) is 188 cm³/mol. The van der Waals surface area contributed by atoms with Gasteiger partial charge in [-0.2, -0.15) is 15.8 Å². The highest BCUT2D eigenvalue weighted by molar-refractivity contribution is 5.98. The highest BCUT2D eigenvalue weighted by atomic mass is 15.1. The number of hydrogen-bond donors (Lipinski definition) is 0. The van der Waals surface area contributed by atoms with E-state index in [-0.39, 0.29) is 0 Å². The van der Waals surface area contributed by atoms with Crippen molar-refractivity contribution in [3.8, 4) is 51.6 Å². The second kappa shape index (κ2) is 15.0. The predicted octanol–water partition coefficient (Wildman–Crippen LogP) is 8.84. The summed E-state index contributed by atoms with van der Waals surface area (Å²) in [6.45, 7) is 18.0. The fourth-order valence-electron chi connectivity index (χ4n) is 6.23. The Labute approximate surface area is 269 Å². The lowest BCUT2D eigenvalue weighted by Crippen LogP contribution is -2.21. The molecule has 0 spiro atoms. The zero-order chi connectivity index (χ0) is 32.5. The third-order valence-corrected chi connectivity index (χ3v) is 8.69. The topological polar surface area (TPSA) is 81.1 Å². The van der Waals surface area contributed by atoms with Crippen molar-refractivity contribution >= 4 is 17.1 Å². The van der Waals surface area contributed by atoms with Crippen molar-refractivity contribution in [1.29, 1.82) is 15.8 Å². The van der Waals surface area contributed by atoms with Crippen molar-refractivity contribution in [2.75, 3.05) is 54.0 Å². The molecule has 0 bridgehead atoms. The first kappa shape index (κ1) is 32.7. The Kier molecular flexibility index (Phi) is 10.9. The van der Waals surface area contributed by atoms with Crippen molar-refractivity contribution in [2.45, 2.75) is 41.5 Å². The summed E-state index contributed by atoms with van der Waals surface area (Å²) in [5.74, 6) is 0. The van der Waals surface area contributed by atoms with Gasteiger partial charge in [-0.05, 0) is 94.6 Å². The third-order valence-electron chi connectivity index (χ3n) is 8.69. The normalized spacial score (nSPS) is 10.5. The van der Waals surface area contributed by atoms with Gasteiger partial charge in [-0.25, -0.2) is 0 Å². The molecular formula is C39H42N6. The monoisotopic (exact) mass is 594 g/mol. The van der Waals surface area contributed by atoms with E-state index in [2.05, 4.69) is 74.4 Å². The molecule has 0 fully saturated rings. The molecule has 45 heavy (non-hydrogen) atoms. The maximum Gasteiger partial charge on any atom is 0.101 e. The summed E-state index contributed by atoms with van der Waals surface area (Å²) in [6.07, 6.45) is 0. The largest absolute Gasteiger partial charge is 0.372 e. The molecule has 6 nitrogen and oxygen atoms in total. The van der Waals surface area contributed by atoms with E-state index in [0.717, 1.165) is 73.0 Å². The van der Waals surface area contributed by atoms with Crippen LogP contribution in [0.3, 0.4) is 0 Å². The van der Waals surface area contributed by atoms with Gasteiger partial charge >= 0.3 is 0 Å². The van der Waals surface area contributed by atoms with E-state index < -0.39 is 0 Å². The standard InChI is InChI=1S/C39H42N6/c1-7-43(8-2)31-19-13-28(14-20-31)37-34(25-40)38(29-15-21-32(22-16-29)44(9-3)10-4)36(27-42)39(35(37)26-41)30-17-23-33(24-18-30)45(11-5)12-6/h13-24H,7-12H2,1-6H3. The van der Waals surface area contributed by atoms with Gasteiger partial charge in [-0.3, -0.25) is 0 Å². The van der Waals surface area contributed by atoms with Crippen LogP contribution in [0.15, 0.2) is 72.8 Å². The van der Waals surface area contributed by atoms with Gasteiger partial charge in [0.2, 0.25) is 0 Å². The Morgan fingerprint density at radius 2 is 0.578 bits per heavy atom. The smallest absolute Gasteiger partial charge is 0.101 e. The van der Waals surface area contributed by atoms with Crippen LogP contribution in [0.2, 0.25) is 0 Å². The van der Waals surface area contributed by atoms with E-state index in [9.17, 15) is 15.8 Å². The molecule has 0 heterocycles. The number of benzene rings is 4. The van der Waals surface area contributed by atoms with Crippen LogP contribution in [-0.4, -0.2) is 39.3 Å². The zero-order valence-corrected chi connectivity index (χ0v) is 27.4. The summed E-state index contributed by atoms with van der Waals surface area (Å²) in [6, 6.07) is 31.4. The van der Waals surface area contributed by atoms with Crippen LogP contribution >= 0.6 is 0 Å². The third kappa shape index (κ3) is 6.35. The molecule has 0 aliphatic carbocycles. The average Bonchev–Trinajstić information content (AvgIpc) is 3.09. The Morgan fingerprint density at radius 3 is 0.733 bits per heavy atom. The quantitative estimate of drug-likeness (QED) is 0.163. The van der Waals surface area contributed by atoms with Crippen LogP contribution in [0.25, 0.3) is 33.4 Å². The highest BCUT2D eigenvalue weighted by Gasteiger charge is 2.27. The van der Waals surface area contributed by atoms with E-state index >= 15 is 0 Å². The van der Waals surface area contributed by atoms with Gasteiger partial charge in [0.25, 0.3) is 0 Å². The summed E-state index contributed by atoms with van der Waals surface area (Å²) in [7, 11) is 0. The summed E-state index contributed by atoms with van der Waals surface area (Å²) in [4.78, 5) is 6.76. The van der Waals surface area contributed by atoms with Crippen LogP contribution < -0.4 is 14.7 Å². The van der Waals surface area contributed by atoms with E-state index in [4.69, 9.17) is 0 Å². The molecule has 0 N–H and O–H groups in total. The number of nitriles is 3. The molecule has 0 unspecified atom stereocenters. The summed E-state index contributed by atoms with van der Waals surface area (Å²) < 4.78 is 0. The van der Waals surface area contributed by atoms with Crippen LogP contribution in [0.1, 0.15) is 58.2 Å². The maximum absolute atomic E-state index is 10.7. The molecule has 4 aromatic carbocycles. The molecule has 4 aromatic rings. The van der Waals surface area contributed by atoms with Gasteiger partial charge in [-0.1, -0.05) is 36.4 Å². The first-order valence-electron chi connectivity index (χ1n) is 15.9. The van der Waals surface area contributed by atoms with Crippen molar-refractivity contribution < 1.29 is 0 Å². The minimum atomic E-state index is 0.331. The van der Waals surface area contributed by atoms with Crippen molar-refractivity contribution in [3.05, 3.63) is 89.5 Å². The lowest BCUT2D eigenvalue weighted by Gasteiger charge is -2.24. The van der Waals surface area contributed by atoms with Crippen molar-refractivity contribution in [2.24, 2.45) is 0 Å². The van der Waals surface area contributed by atoms with Gasteiger partial charge in [0.15, 0.2) is 0 Å². The van der Waals surface area contributed by atoms with Gasteiger partial charge in [0, 0.05) is 73.0 Å². The number of anilines is 3. The first-order chi connectivity index (χ1) is 21.9. The highest BCUT2D eigenvalue weighted by Crippen LogP contribution is 2.45. The van der Waals surface area contributed by atoms with Gasteiger partial charge in [0.05, 0.1) is 16.7 Å². The van der Waals surface area contributed by atoms with Gasteiger partial charge < -0.3 is 14.7 Å². The van der Waals surface area contributed by atoms with Crippen LogP contribution in [0.5, 0.6) is 0 Å². The Hall–Kier alpha value is -5.25. The summed E-state index contributed by atoms with van der Waals surface area (Å²) in [5.41, 5.74) is 8.19. The average molecular weight is 595 g/mol. The molecular weight excluding hydrogens is 552 g/mol. The van der Waals surface area contributed by atoms with Crippen molar-refractivity contribution in [1.82, 2.24) is 0 Å². The fourth-order valence-corrected chi connectivity index (χ4v) is 6.23. The molecule has 0 radical (unpaired) electrons. The van der Waals surface area contributed by atoms with Gasteiger partial charge in [-0.15, -0.1) is 0 Å². The molecule has 0 amide bonds. The molecule has 0 atom stereocenters. The molecule has 0 aliphatic heterocycles. The summed E-state index contributed by atoms with van der Waals surface area (Å²) in [5, 5.41) is 32.2. The van der Waals surface area contributed by atoms with E-state index in [1.807, 2.05) is 72.8 Å². The SMILES string of the molecule is CCN(CC)c1ccc(-c2c(C#N)c(-c3ccc(N(CC)CC)cc3)c(C#N)c(-c3ccc(N(CC)CC)cc3)c2C#N)cc1. The number of nitrogens with zero attached hydrogens (tertiary/aromatic N) is 6. The molecule has 0 aliphatic rings. The van der Waals surface area contributed by atoms with Crippen molar-refractivity contribution in [3.63, 3.8) is 0 Å². The van der Waals surface area contributed by atoms with Crippen LogP contribution in [-0.2, 0) is 0 Å². The first-order valence-corrected chi connectivity index (χ1v) is 15.9. The Morgan fingerprint density at radius 1 is 0.378 bits per heavy atom. The van der Waals surface area contributed by atoms with E-state index in [1.54, 1.807) is 0 Å². The van der Waals surface area contributed by atoms with E-state index in [1.165, 1.54) is 0 Å². The molecule has 0 saturated carbocycles. The molecule has 0 saturated heterocycles. The fraction of sp³-hybridized carbons (Fsp3) is 0.308. The molecule has 4 rings (SSSR count). The van der Waals surface area contributed by atoms with Gasteiger partial charge in [0.1, 0.15) is 18.2 Å². The minimum Gasteiger partial charge on any atom is -0.372 e. The number of hydrogen-bond acceptors (Lipinski definition) is 6. The minimum absolute atomic E-state index is 0.331. The van der Waals surface area contributed by atoms with E-state index in [0.29, 0.717) is 33.4 Å². The Balaban J connectivity index is 2.08. The second-order valence-corrected chi connectivity index (χ2v) is 10.7. The Bertz CT molecular complexity index is 1490. The molecule has 0 aromatic heterocycles. The van der Waals surface area contributed by atoms with Crippen LogP contribution in [0, 0.1) is 34.0 Å². The zero-order valence-electron chi connectivity index (χ0n) is 27.4. The molecule has 6 heteroatoms. The lowest BCUT2D eigenvalue weighted by atomic mass is 9.80. The summed E-state index contributed by atoms with van der Waals surface area (Å²) >= 11 is 0. The maximum atomic E-state index is 10.7. The second-order valence-electron chi connectivity index (χ2n) is 10.7.